The van der Waals surface area contributed by atoms with Crippen LogP contribution in [0.25, 0.3) is 10.4 Å². The quantitative estimate of drug-likeness (QED) is 0.836. The summed E-state index contributed by atoms with van der Waals surface area (Å²) in [4.78, 5) is 12.3. The van der Waals surface area contributed by atoms with Crippen molar-refractivity contribution in [3.8, 4) is 16.5 Å². The zero-order valence-corrected chi connectivity index (χ0v) is 11.4. The fraction of sp³-hybridized carbons (Fsp3) is 0.308. The molecule has 96 valence electrons. The lowest BCUT2D eigenvalue weighted by molar-refractivity contribution is -0.114. The molecule has 0 fully saturated rings. The topological polar surface area (TPSA) is 81.6 Å². The van der Waals surface area contributed by atoms with E-state index in [1.165, 1.54) is 18.3 Å². The molecule has 0 unspecified atom stereocenters. The van der Waals surface area contributed by atoms with Crippen molar-refractivity contribution < 1.29 is 4.79 Å². The third kappa shape index (κ3) is 1.74. The third-order valence-electron chi connectivity index (χ3n) is 3.27. The van der Waals surface area contributed by atoms with Crippen molar-refractivity contribution in [2.24, 2.45) is 0 Å². The number of aromatic amines is 1. The highest BCUT2D eigenvalue weighted by atomic mass is 32.1. The highest BCUT2D eigenvalue weighted by molar-refractivity contribution is 7.20. The first-order valence-electron chi connectivity index (χ1n) is 5.99. The summed E-state index contributed by atoms with van der Waals surface area (Å²) in [5.41, 5.74) is 4.79. The molecule has 1 amide bonds. The number of aryl methyl sites for hydroxylation is 2. The normalized spacial score (nSPS) is 12.5. The van der Waals surface area contributed by atoms with Gasteiger partial charge in [-0.05, 0) is 25.3 Å². The van der Waals surface area contributed by atoms with E-state index in [-0.39, 0.29) is 5.91 Å². The minimum atomic E-state index is -0.153. The molecule has 19 heavy (non-hydrogen) atoms. The van der Waals surface area contributed by atoms with Gasteiger partial charge in [-0.1, -0.05) is 0 Å². The summed E-state index contributed by atoms with van der Waals surface area (Å²) < 4.78 is 0. The van der Waals surface area contributed by atoms with Gasteiger partial charge in [-0.15, -0.1) is 11.3 Å². The van der Waals surface area contributed by atoms with E-state index in [1.54, 1.807) is 0 Å². The Hall–Kier alpha value is -2.13. The number of hydrogen-bond acceptors (Lipinski definition) is 4. The van der Waals surface area contributed by atoms with Crippen LogP contribution in [0.3, 0.4) is 0 Å². The van der Waals surface area contributed by atoms with Crippen LogP contribution in [0.1, 0.15) is 29.4 Å². The number of carbonyl (C=O) groups is 1. The standard InChI is InChI=1S/C13H12N4OS/c1-6-11-10(17-16-6)4-3-8-9(5-14)13(15-7(2)18)19-12(8)11/h3-4H2,1-2H3,(H,15,18)(H,16,17). The molecular weight excluding hydrogens is 260 g/mol. The Balaban J connectivity index is 2.22. The first-order valence-corrected chi connectivity index (χ1v) is 6.81. The Labute approximate surface area is 114 Å². The maximum absolute atomic E-state index is 11.2. The largest absolute Gasteiger partial charge is 0.317 e. The van der Waals surface area contributed by atoms with E-state index in [0.717, 1.165) is 40.2 Å². The van der Waals surface area contributed by atoms with Crippen LogP contribution in [0, 0.1) is 18.3 Å². The SMILES string of the molecule is CC(=O)Nc1sc2c(c1C#N)CCc1n[nH]c(C)c1-2. The first-order chi connectivity index (χ1) is 9.11. The van der Waals surface area contributed by atoms with Crippen LogP contribution < -0.4 is 5.32 Å². The molecule has 5 nitrogen and oxygen atoms in total. The molecule has 0 aliphatic heterocycles. The van der Waals surface area contributed by atoms with Crippen molar-refractivity contribution in [1.29, 1.82) is 5.26 Å². The fourth-order valence-electron chi connectivity index (χ4n) is 2.48. The number of nitriles is 1. The highest BCUT2D eigenvalue weighted by Gasteiger charge is 2.27. The van der Waals surface area contributed by atoms with Gasteiger partial charge >= 0.3 is 0 Å². The summed E-state index contributed by atoms with van der Waals surface area (Å²) in [5, 5.41) is 20.0. The van der Waals surface area contributed by atoms with Crippen LogP contribution in [0.5, 0.6) is 0 Å². The molecule has 0 aromatic carbocycles. The highest BCUT2D eigenvalue weighted by Crippen LogP contribution is 2.45. The summed E-state index contributed by atoms with van der Waals surface area (Å²) in [7, 11) is 0. The second kappa shape index (κ2) is 4.21. The van der Waals surface area contributed by atoms with Crippen LogP contribution >= 0.6 is 11.3 Å². The van der Waals surface area contributed by atoms with Crippen molar-refractivity contribution in [1.82, 2.24) is 10.2 Å². The van der Waals surface area contributed by atoms with E-state index in [4.69, 9.17) is 0 Å². The van der Waals surface area contributed by atoms with Gasteiger partial charge < -0.3 is 5.32 Å². The number of thiophene rings is 1. The van der Waals surface area contributed by atoms with Gasteiger partial charge in [0.2, 0.25) is 5.91 Å². The summed E-state index contributed by atoms with van der Waals surface area (Å²) >= 11 is 1.46. The van der Waals surface area contributed by atoms with E-state index in [1.807, 2.05) is 6.92 Å². The van der Waals surface area contributed by atoms with Gasteiger partial charge in [0, 0.05) is 23.1 Å². The summed E-state index contributed by atoms with van der Waals surface area (Å²) in [6, 6.07) is 2.22. The monoisotopic (exact) mass is 272 g/mol. The number of H-pyrrole nitrogens is 1. The molecule has 0 radical (unpaired) electrons. The Kier molecular flexibility index (Phi) is 2.64. The molecule has 6 heteroatoms. The molecule has 0 saturated heterocycles. The van der Waals surface area contributed by atoms with Crippen LogP contribution in [0.2, 0.25) is 0 Å². The van der Waals surface area contributed by atoms with Gasteiger partial charge in [0.05, 0.1) is 11.3 Å². The third-order valence-corrected chi connectivity index (χ3v) is 4.43. The summed E-state index contributed by atoms with van der Waals surface area (Å²) in [5.74, 6) is -0.153. The Bertz CT molecular complexity index is 720. The lowest BCUT2D eigenvalue weighted by atomic mass is 9.93. The average molecular weight is 272 g/mol. The number of nitrogens with one attached hydrogen (secondary N) is 2. The number of hydrogen-bond donors (Lipinski definition) is 2. The second-order valence-corrected chi connectivity index (χ2v) is 5.60. The maximum Gasteiger partial charge on any atom is 0.221 e. The number of amides is 1. The van der Waals surface area contributed by atoms with E-state index >= 15 is 0 Å². The van der Waals surface area contributed by atoms with Gasteiger partial charge in [-0.3, -0.25) is 9.89 Å². The number of anilines is 1. The van der Waals surface area contributed by atoms with Crippen molar-refractivity contribution in [3.63, 3.8) is 0 Å². The molecule has 0 spiro atoms. The summed E-state index contributed by atoms with van der Waals surface area (Å²) in [6.45, 7) is 3.43. The number of rotatable bonds is 1. The lowest BCUT2D eigenvalue weighted by Gasteiger charge is -2.11. The average Bonchev–Trinajstić information content (AvgIpc) is 2.89. The van der Waals surface area contributed by atoms with Gasteiger partial charge in [-0.2, -0.15) is 10.4 Å². The molecule has 2 aromatic heterocycles. The van der Waals surface area contributed by atoms with Crippen LogP contribution in [0.15, 0.2) is 0 Å². The van der Waals surface area contributed by atoms with Crippen molar-refractivity contribution in [3.05, 3.63) is 22.5 Å². The van der Waals surface area contributed by atoms with E-state index in [2.05, 4.69) is 21.6 Å². The predicted molar refractivity (Wildman–Crippen MR) is 73.1 cm³/mol. The molecule has 2 N–H and O–H groups in total. The molecule has 3 rings (SSSR count). The van der Waals surface area contributed by atoms with Crippen molar-refractivity contribution in [2.75, 3.05) is 5.32 Å². The van der Waals surface area contributed by atoms with E-state index in [9.17, 15) is 10.1 Å². The number of carbonyl (C=O) groups excluding carboxylic acids is 1. The fourth-order valence-corrected chi connectivity index (χ4v) is 3.85. The summed E-state index contributed by atoms with van der Waals surface area (Å²) in [6.07, 6.45) is 1.63. The zero-order chi connectivity index (χ0) is 13.6. The van der Waals surface area contributed by atoms with Crippen LogP contribution in [-0.4, -0.2) is 16.1 Å². The van der Waals surface area contributed by atoms with Crippen molar-refractivity contribution >= 4 is 22.2 Å². The van der Waals surface area contributed by atoms with Gasteiger partial charge in [-0.25, -0.2) is 0 Å². The van der Waals surface area contributed by atoms with Gasteiger partial charge in [0.15, 0.2) is 0 Å². The molecule has 1 aliphatic rings. The molecule has 2 heterocycles. The van der Waals surface area contributed by atoms with Gasteiger partial charge in [0.1, 0.15) is 11.1 Å². The maximum atomic E-state index is 11.2. The molecule has 0 saturated carbocycles. The number of aromatic nitrogens is 2. The predicted octanol–water partition coefficient (Wildman–Crippen LogP) is 2.38. The zero-order valence-electron chi connectivity index (χ0n) is 10.6. The molecule has 0 atom stereocenters. The molecular formula is C13H12N4OS. The Morgan fingerprint density at radius 3 is 3.00 bits per heavy atom. The number of fused-ring (bicyclic) bond motifs is 3. The lowest BCUT2D eigenvalue weighted by Crippen LogP contribution is -2.06. The minimum Gasteiger partial charge on any atom is -0.317 e. The molecule has 2 aromatic rings. The number of nitrogens with zero attached hydrogens (tertiary/aromatic N) is 2. The Morgan fingerprint density at radius 1 is 1.53 bits per heavy atom. The molecule has 0 bridgehead atoms. The van der Waals surface area contributed by atoms with E-state index < -0.39 is 0 Å². The van der Waals surface area contributed by atoms with Crippen LogP contribution in [-0.2, 0) is 17.6 Å². The first kappa shape index (κ1) is 11.9. The van der Waals surface area contributed by atoms with Crippen LogP contribution in [0.4, 0.5) is 5.00 Å². The second-order valence-electron chi connectivity index (χ2n) is 4.58. The Morgan fingerprint density at radius 2 is 2.32 bits per heavy atom. The smallest absolute Gasteiger partial charge is 0.221 e. The minimum absolute atomic E-state index is 0.153. The van der Waals surface area contributed by atoms with E-state index in [0.29, 0.717) is 10.6 Å². The molecule has 1 aliphatic carbocycles. The van der Waals surface area contributed by atoms with Gasteiger partial charge in [0.25, 0.3) is 0 Å². The van der Waals surface area contributed by atoms with Crippen molar-refractivity contribution in [2.45, 2.75) is 26.7 Å².